The summed E-state index contributed by atoms with van der Waals surface area (Å²) in [5.41, 5.74) is 0. The van der Waals surface area contributed by atoms with Gasteiger partial charge in [-0.05, 0) is 25.7 Å². The molecule has 0 spiro atoms. The smallest absolute Gasteiger partial charge is 0.756 e. The van der Waals surface area contributed by atoms with Crippen LogP contribution in [0.15, 0.2) is 0 Å². The number of hydrogen-bond donors (Lipinski definition) is 0. The molecule has 0 saturated carbocycles. The van der Waals surface area contributed by atoms with Crippen molar-refractivity contribution < 1.29 is 37.0 Å². The second-order valence-corrected chi connectivity index (χ2v) is 22.6. The second-order valence-electron chi connectivity index (χ2n) is 19.8. The standard InChI is InChI=1S/2C28H59O4P.Ca/c2*1-3-5-7-9-11-13-15-17-19-21-23-25-27-31-33(29,30)32-28-26-24-22-20-18-16-14-12-10-8-6-4-2;/h2*3-28H2,1-2H3,(H,29,30);/q;;+2/p-2. The largest absolute Gasteiger partial charge is 2.00 e. The van der Waals surface area contributed by atoms with Crippen molar-refractivity contribution in [2.24, 2.45) is 0 Å². The molecule has 0 radical (unpaired) electrons. The van der Waals surface area contributed by atoms with Crippen LogP contribution in [0.25, 0.3) is 0 Å². The quantitative estimate of drug-likeness (QED) is 0.0336. The minimum atomic E-state index is -4.11. The summed E-state index contributed by atoms with van der Waals surface area (Å²) in [6.07, 6.45) is 60.5. The van der Waals surface area contributed by atoms with E-state index in [4.69, 9.17) is 18.1 Å². The Balaban J connectivity index is -0.00000120. The Kier molecular flexibility index (Phi) is 67.1. The predicted octanol–water partition coefficient (Wildman–Crippen LogP) is 19.4. The zero-order valence-electron chi connectivity index (χ0n) is 45.6. The van der Waals surface area contributed by atoms with E-state index in [-0.39, 0.29) is 64.2 Å². The summed E-state index contributed by atoms with van der Waals surface area (Å²) in [7, 11) is -8.21. The van der Waals surface area contributed by atoms with Crippen LogP contribution < -0.4 is 9.79 Å². The third-order valence-corrected chi connectivity index (χ3v) is 15.0. The van der Waals surface area contributed by atoms with E-state index in [9.17, 15) is 18.9 Å². The molecule has 0 fully saturated rings. The third-order valence-electron chi connectivity index (χ3n) is 13.0. The van der Waals surface area contributed by atoms with Crippen molar-refractivity contribution in [3.8, 4) is 0 Å². The molecule has 0 aliphatic rings. The van der Waals surface area contributed by atoms with Gasteiger partial charge in [0.2, 0.25) is 0 Å². The summed E-state index contributed by atoms with van der Waals surface area (Å²) in [6, 6.07) is 0. The Bertz CT molecular complexity index is 849. The Labute approximate surface area is 449 Å². The molecule has 0 aromatic carbocycles. The molecule has 0 heterocycles. The van der Waals surface area contributed by atoms with Crippen molar-refractivity contribution in [1.82, 2.24) is 0 Å². The number of rotatable bonds is 56. The van der Waals surface area contributed by atoms with Crippen molar-refractivity contribution in [3.05, 3.63) is 0 Å². The summed E-state index contributed by atoms with van der Waals surface area (Å²) in [4.78, 5) is 23.6. The number of phosphoric ester groups is 2. The van der Waals surface area contributed by atoms with Crippen LogP contribution in [0.5, 0.6) is 0 Å². The Hall–Kier alpha value is 1.48. The van der Waals surface area contributed by atoms with Gasteiger partial charge < -0.3 is 27.9 Å². The molecule has 0 saturated heterocycles. The molecule has 0 unspecified atom stereocenters. The van der Waals surface area contributed by atoms with E-state index < -0.39 is 15.6 Å². The SMILES string of the molecule is CCCCCCCCCCCCCCOP(=O)([O-])OCCCCCCCCCCCCCC.CCCCCCCCCCCCCCOP(=O)([O-])OCCCCCCCCCCCCCC.[Ca+2]. The fourth-order valence-corrected chi connectivity index (χ4v) is 10.1. The van der Waals surface area contributed by atoms with E-state index in [1.165, 1.54) is 257 Å². The molecule has 11 heteroatoms. The molecule has 0 rings (SSSR count). The molecule has 400 valence electrons. The van der Waals surface area contributed by atoms with Gasteiger partial charge in [-0.15, -0.1) is 0 Å². The minimum absolute atomic E-state index is 0. The van der Waals surface area contributed by atoms with Crippen LogP contribution >= 0.6 is 15.6 Å². The van der Waals surface area contributed by atoms with Crippen LogP contribution in [-0.2, 0) is 27.2 Å². The van der Waals surface area contributed by atoms with Gasteiger partial charge in [0.1, 0.15) is 0 Å². The van der Waals surface area contributed by atoms with Crippen LogP contribution in [0.1, 0.15) is 336 Å². The zero-order chi connectivity index (χ0) is 48.6. The first-order chi connectivity index (χ1) is 32.2. The van der Waals surface area contributed by atoms with Crippen molar-refractivity contribution >= 4 is 53.4 Å². The van der Waals surface area contributed by atoms with Crippen LogP contribution in [0.4, 0.5) is 0 Å². The summed E-state index contributed by atoms with van der Waals surface area (Å²) in [5.74, 6) is 0. The summed E-state index contributed by atoms with van der Waals surface area (Å²) in [5, 5.41) is 0. The topological polar surface area (TPSA) is 117 Å². The van der Waals surface area contributed by atoms with Crippen molar-refractivity contribution in [3.63, 3.8) is 0 Å². The molecule has 0 aromatic heterocycles. The van der Waals surface area contributed by atoms with Crippen molar-refractivity contribution in [2.45, 2.75) is 336 Å². The maximum Gasteiger partial charge on any atom is 2.00 e. The molecule has 0 atom stereocenters. The van der Waals surface area contributed by atoms with Gasteiger partial charge in [-0.3, -0.25) is 9.13 Å². The molecule has 0 bridgehead atoms. The summed E-state index contributed by atoms with van der Waals surface area (Å²) in [6.45, 7) is 10.1. The average molecular weight is 1020 g/mol. The van der Waals surface area contributed by atoms with Crippen LogP contribution in [-0.4, -0.2) is 64.2 Å². The molecule has 8 nitrogen and oxygen atoms in total. The Morgan fingerprint density at radius 3 is 0.448 bits per heavy atom. The van der Waals surface area contributed by atoms with Crippen molar-refractivity contribution in [2.75, 3.05) is 26.4 Å². The maximum atomic E-state index is 11.8. The first-order valence-corrected chi connectivity index (χ1v) is 32.4. The second kappa shape index (κ2) is 61.8. The van der Waals surface area contributed by atoms with Crippen LogP contribution in [0.3, 0.4) is 0 Å². The molecule has 67 heavy (non-hydrogen) atoms. The Morgan fingerprint density at radius 2 is 0.328 bits per heavy atom. The van der Waals surface area contributed by atoms with Gasteiger partial charge in [-0.2, -0.15) is 0 Å². The first-order valence-electron chi connectivity index (χ1n) is 29.4. The van der Waals surface area contributed by atoms with E-state index >= 15 is 0 Å². The molecular weight excluding hydrogens is 903 g/mol. The molecule has 0 amide bonds. The normalized spacial score (nSPS) is 11.8. The predicted molar refractivity (Wildman–Crippen MR) is 289 cm³/mol. The van der Waals surface area contributed by atoms with E-state index in [0.29, 0.717) is 0 Å². The van der Waals surface area contributed by atoms with E-state index in [2.05, 4.69) is 27.7 Å². The summed E-state index contributed by atoms with van der Waals surface area (Å²) >= 11 is 0. The van der Waals surface area contributed by atoms with Crippen molar-refractivity contribution in [1.29, 1.82) is 0 Å². The number of phosphoric acid groups is 2. The number of hydrogen-bond acceptors (Lipinski definition) is 8. The molecular formula is C56H116CaO8P2. The molecule has 0 aromatic rings. The summed E-state index contributed by atoms with van der Waals surface area (Å²) < 4.78 is 43.7. The van der Waals surface area contributed by atoms with E-state index in [1.807, 2.05) is 0 Å². The van der Waals surface area contributed by atoms with Gasteiger partial charge in [-0.25, -0.2) is 0 Å². The van der Waals surface area contributed by atoms with Gasteiger partial charge >= 0.3 is 37.7 Å². The van der Waals surface area contributed by atoms with Gasteiger partial charge in [0.05, 0.1) is 26.4 Å². The van der Waals surface area contributed by atoms with Crippen LogP contribution in [0, 0.1) is 0 Å². The molecule has 0 aliphatic carbocycles. The minimum Gasteiger partial charge on any atom is -0.756 e. The van der Waals surface area contributed by atoms with Crippen LogP contribution in [0.2, 0.25) is 0 Å². The van der Waals surface area contributed by atoms with E-state index in [1.54, 1.807) is 0 Å². The van der Waals surface area contributed by atoms with Gasteiger partial charge in [0, 0.05) is 0 Å². The first kappa shape index (κ1) is 72.7. The molecule has 0 N–H and O–H groups in total. The van der Waals surface area contributed by atoms with E-state index in [0.717, 1.165) is 51.4 Å². The zero-order valence-corrected chi connectivity index (χ0v) is 49.6. The third kappa shape index (κ3) is 67.5. The number of unbranched alkanes of at least 4 members (excludes halogenated alkanes) is 44. The van der Waals surface area contributed by atoms with Gasteiger partial charge in [0.15, 0.2) is 0 Å². The Morgan fingerprint density at radius 1 is 0.224 bits per heavy atom. The average Bonchev–Trinajstić information content (AvgIpc) is 3.30. The monoisotopic (exact) mass is 1020 g/mol. The van der Waals surface area contributed by atoms with Gasteiger partial charge in [0.25, 0.3) is 15.6 Å². The fourth-order valence-electron chi connectivity index (χ4n) is 8.55. The maximum absolute atomic E-state index is 11.8. The molecule has 0 aliphatic heterocycles. The fraction of sp³-hybridized carbons (Fsp3) is 1.00. The van der Waals surface area contributed by atoms with Gasteiger partial charge in [-0.1, -0.05) is 310 Å².